The Morgan fingerprint density at radius 3 is 2.28 bits per heavy atom. The van der Waals surface area contributed by atoms with Crippen molar-refractivity contribution in [3.8, 4) is 0 Å². The summed E-state index contributed by atoms with van der Waals surface area (Å²) in [6, 6.07) is 0. The number of carbonyl (C=O) groups is 4. The summed E-state index contributed by atoms with van der Waals surface area (Å²) in [5, 5.41) is 0. The van der Waals surface area contributed by atoms with Crippen LogP contribution < -0.4 is 0 Å². The van der Waals surface area contributed by atoms with Crippen LogP contribution in [0.25, 0.3) is 0 Å². The fourth-order valence-electron chi connectivity index (χ4n) is 8.70. The Kier molecular flexibility index (Phi) is 4.74. The molecule has 3 saturated carbocycles. The van der Waals surface area contributed by atoms with Gasteiger partial charge >= 0.3 is 11.9 Å². The van der Waals surface area contributed by atoms with Crippen molar-refractivity contribution in [2.75, 3.05) is 7.11 Å². The molecular weight excluding hydrogens is 408 g/mol. The quantitative estimate of drug-likeness (QED) is 0.344. The van der Waals surface area contributed by atoms with Crippen LogP contribution in [-0.2, 0) is 28.7 Å². The molecule has 6 heteroatoms. The summed E-state index contributed by atoms with van der Waals surface area (Å²) < 4.78 is 10.8. The van der Waals surface area contributed by atoms with Gasteiger partial charge in [-0.15, -0.1) is 0 Å². The van der Waals surface area contributed by atoms with E-state index in [9.17, 15) is 19.2 Å². The first-order valence-electron chi connectivity index (χ1n) is 11.7. The van der Waals surface area contributed by atoms with Gasteiger partial charge in [-0.25, -0.2) is 0 Å². The molecule has 4 aliphatic rings. The van der Waals surface area contributed by atoms with Crippen LogP contribution in [0.5, 0.6) is 0 Å². The number of ketones is 2. The third kappa shape index (κ3) is 2.22. The van der Waals surface area contributed by atoms with Gasteiger partial charge in [0.15, 0.2) is 17.3 Å². The minimum atomic E-state index is -1.71. The second kappa shape index (κ2) is 6.54. The topological polar surface area (TPSA) is 86.7 Å². The van der Waals surface area contributed by atoms with E-state index < -0.39 is 45.5 Å². The average molecular weight is 445 g/mol. The largest absolute Gasteiger partial charge is 0.468 e. The molecule has 3 aliphatic carbocycles. The van der Waals surface area contributed by atoms with E-state index in [1.807, 2.05) is 20.8 Å². The van der Waals surface area contributed by atoms with Gasteiger partial charge in [0.25, 0.3) is 0 Å². The Morgan fingerprint density at radius 1 is 1.06 bits per heavy atom. The lowest BCUT2D eigenvalue weighted by Crippen LogP contribution is -2.76. The maximum atomic E-state index is 14.0. The standard InChI is InChI=1S/C26H36O6/c1-14-13-17-23(5)11-10-18(27)22(3,4)16(23)9-12-24(17,6)26(21(30)31-8)19(28)15(2)32-20(29)25(14,26)7/h15-17H,1,9-13H2,2-8H3/t15-,16-,17+,23-,24+,25+,26+/m0/s1. The maximum Gasteiger partial charge on any atom is 0.321 e. The molecule has 0 N–H and O–H groups in total. The van der Waals surface area contributed by atoms with Gasteiger partial charge in [-0.3, -0.25) is 19.2 Å². The van der Waals surface area contributed by atoms with E-state index in [0.29, 0.717) is 37.7 Å². The van der Waals surface area contributed by atoms with E-state index in [2.05, 4.69) is 13.5 Å². The van der Waals surface area contributed by atoms with Crippen molar-refractivity contribution in [3.05, 3.63) is 12.2 Å². The highest BCUT2D eigenvalue weighted by atomic mass is 16.6. The van der Waals surface area contributed by atoms with Crippen molar-refractivity contribution in [3.63, 3.8) is 0 Å². The number of ether oxygens (including phenoxy) is 2. The Hall–Kier alpha value is -1.98. The molecule has 1 aliphatic heterocycles. The number of hydrogen-bond acceptors (Lipinski definition) is 6. The number of carbonyl (C=O) groups excluding carboxylic acids is 4. The predicted molar refractivity (Wildman–Crippen MR) is 117 cm³/mol. The van der Waals surface area contributed by atoms with E-state index in [0.717, 1.165) is 0 Å². The van der Waals surface area contributed by atoms with Crippen LogP contribution in [0, 0.1) is 38.9 Å². The number of hydrogen-bond donors (Lipinski definition) is 0. The summed E-state index contributed by atoms with van der Waals surface area (Å²) in [5.41, 5.74) is -4.23. The zero-order valence-corrected chi connectivity index (χ0v) is 20.4. The maximum absolute atomic E-state index is 14.0. The first-order chi connectivity index (χ1) is 14.7. The van der Waals surface area contributed by atoms with Crippen LogP contribution in [0.15, 0.2) is 12.2 Å². The molecule has 6 nitrogen and oxygen atoms in total. The van der Waals surface area contributed by atoms with Crippen molar-refractivity contribution < 1.29 is 28.7 Å². The lowest BCUT2D eigenvalue weighted by atomic mass is 9.31. The van der Waals surface area contributed by atoms with Crippen molar-refractivity contribution in [1.29, 1.82) is 0 Å². The Labute approximate surface area is 190 Å². The van der Waals surface area contributed by atoms with Crippen molar-refractivity contribution in [2.45, 2.75) is 79.8 Å². The Morgan fingerprint density at radius 2 is 1.69 bits per heavy atom. The lowest BCUT2D eigenvalue weighted by Gasteiger charge is -2.70. The molecule has 0 unspecified atom stereocenters. The van der Waals surface area contributed by atoms with Gasteiger partial charge in [-0.2, -0.15) is 0 Å². The average Bonchev–Trinajstić information content (AvgIpc) is 2.71. The van der Waals surface area contributed by atoms with Gasteiger partial charge in [-0.05, 0) is 62.2 Å². The SMILES string of the molecule is C=C1C[C@@H]2[C@@]3(C)CCC(=O)C(C)(C)[C@@H]3CC[C@@]2(C)[C@]2(C(=O)OC)C(=O)[C@H](C)OC(=O)[C@@]12C. The smallest absolute Gasteiger partial charge is 0.321 e. The number of esters is 2. The molecule has 0 amide bonds. The first kappa shape index (κ1) is 23.2. The molecule has 0 aromatic rings. The number of methoxy groups -OCH3 is 1. The third-order valence-corrected chi connectivity index (χ3v) is 10.5. The fourth-order valence-corrected chi connectivity index (χ4v) is 8.70. The van der Waals surface area contributed by atoms with Crippen molar-refractivity contribution in [2.24, 2.45) is 38.9 Å². The summed E-state index contributed by atoms with van der Waals surface area (Å²) in [6.45, 7) is 15.7. The van der Waals surface area contributed by atoms with E-state index in [-0.39, 0.29) is 23.0 Å². The summed E-state index contributed by atoms with van der Waals surface area (Å²) in [5.74, 6) is -1.34. The molecule has 7 atom stereocenters. The minimum absolute atomic E-state index is 0.0946. The first-order valence-corrected chi connectivity index (χ1v) is 11.7. The fraction of sp³-hybridized carbons (Fsp3) is 0.769. The Bertz CT molecular complexity index is 948. The predicted octanol–water partition coefficient (Wildman–Crippen LogP) is 4.05. The van der Waals surface area contributed by atoms with Gasteiger partial charge in [0.2, 0.25) is 0 Å². The molecule has 0 radical (unpaired) electrons. The monoisotopic (exact) mass is 444 g/mol. The molecule has 1 saturated heterocycles. The zero-order chi connectivity index (χ0) is 24.1. The highest BCUT2D eigenvalue weighted by molar-refractivity contribution is 6.15. The van der Waals surface area contributed by atoms with Crippen LogP contribution in [-0.4, -0.2) is 36.7 Å². The van der Waals surface area contributed by atoms with Crippen molar-refractivity contribution >= 4 is 23.5 Å². The number of fused-ring (bicyclic) bond motifs is 5. The third-order valence-electron chi connectivity index (χ3n) is 10.5. The highest BCUT2D eigenvalue weighted by Gasteiger charge is 2.81. The molecular formula is C26H36O6. The van der Waals surface area contributed by atoms with Crippen LogP contribution in [0.2, 0.25) is 0 Å². The Balaban J connectivity index is 2.01. The van der Waals surface area contributed by atoms with E-state index in [4.69, 9.17) is 9.47 Å². The van der Waals surface area contributed by atoms with Gasteiger partial charge in [-0.1, -0.05) is 39.8 Å². The van der Waals surface area contributed by atoms with Crippen LogP contribution in [0.4, 0.5) is 0 Å². The van der Waals surface area contributed by atoms with E-state index in [1.165, 1.54) is 14.0 Å². The van der Waals surface area contributed by atoms with Gasteiger partial charge in [0.05, 0.1) is 7.11 Å². The summed E-state index contributed by atoms with van der Waals surface area (Å²) in [7, 11) is 1.28. The molecule has 176 valence electrons. The molecule has 0 aromatic heterocycles. The van der Waals surface area contributed by atoms with Gasteiger partial charge in [0.1, 0.15) is 11.2 Å². The van der Waals surface area contributed by atoms with Crippen molar-refractivity contribution in [1.82, 2.24) is 0 Å². The molecule has 32 heavy (non-hydrogen) atoms. The summed E-state index contributed by atoms with van der Waals surface area (Å²) in [4.78, 5) is 54.0. The highest BCUT2D eigenvalue weighted by Crippen LogP contribution is 2.76. The molecule has 1 heterocycles. The van der Waals surface area contributed by atoms with Crippen LogP contribution >= 0.6 is 0 Å². The molecule has 4 rings (SSSR count). The van der Waals surface area contributed by atoms with Crippen LogP contribution in [0.3, 0.4) is 0 Å². The lowest BCUT2D eigenvalue weighted by molar-refractivity contribution is -0.241. The zero-order valence-electron chi connectivity index (χ0n) is 20.4. The summed E-state index contributed by atoms with van der Waals surface area (Å²) >= 11 is 0. The second-order valence-electron chi connectivity index (χ2n) is 11.8. The molecule has 0 bridgehead atoms. The van der Waals surface area contributed by atoms with Gasteiger partial charge < -0.3 is 9.47 Å². The van der Waals surface area contributed by atoms with E-state index >= 15 is 0 Å². The number of Topliss-reactive ketones (excluding diaryl/α,β-unsaturated/α-hetero) is 2. The minimum Gasteiger partial charge on any atom is -0.468 e. The molecule has 4 fully saturated rings. The van der Waals surface area contributed by atoms with E-state index in [1.54, 1.807) is 6.92 Å². The number of cyclic esters (lactones) is 1. The van der Waals surface area contributed by atoms with Crippen LogP contribution in [0.1, 0.15) is 73.6 Å². The normalized spacial score (nSPS) is 47.7. The second-order valence-corrected chi connectivity index (χ2v) is 11.8. The molecule has 0 aromatic carbocycles. The number of rotatable bonds is 1. The molecule has 0 spiro atoms. The van der Waals surface area contributed by atoms with Gasteiger partial charge in [0, 0.05) is 11.8 Å². The summed E-state index contributed by atoms with van der Waals surface area (Å²) in [6.07, 6.45) is 1.93.